The summed E-state index contributed by atoms with van der Waals surface area (Å²) in [4.78, 5) is 24.1. The highest BCUT2D eigenvalue weighted by atomic mass is 19.4. The van der Waals surface area contributed by atoms with E-state index < -0.39 is 24.2 Å². The first kappa shape index (κ1) is 23.0. The van der Waals surface area contributed by atoms with Gasteiger partial charge in [0.15, 0.2) is 6.10 Å². The largest absolute Gasteiger partial charge is 0.449 e. The van der Waals surface area contributed by atoms with E-state index in [0.717, 1.165) is 12.5 Å². The highest BCUT2D eigenvalue weighted by Crippen LogP contribution is 2.25. The minimum Gasteiger partial charge on any atom is -0.449 e. The molecule has 166 valence electrons. The van der Waals surface area contributed by atoms with Crippen LogP contribution < -0.4 is 4.74 Å². The van der Waals surface area contributed by atoms with Crippen LogP contribution in [0.3, 0.4) is 0 Å². The molecule has 1 unspecified atom stereocenters. The lowest BCUT2D eigenvalue weighted by molar-refractivity contribution is -0.198. The number of ether oxygens (including phenoxy) is 2. The number of esters is 2. The van der Waals surface area contributed by atoms with E-state index in [1.807, 2.05) is 0 Å². The van der Waals surface area contributed by atoms with Crippen molar-refractivity contribution in [2.45, 2.75) is 26.1 Å². The highest BCUT2D eigenvalue weighted by Gasteiger charge is 2.39. The molecule has 0 saturated carbocycles. The Morgan fingerprint density at radius 1 is 0.812 bits per heavy atom. The van der Waals surface area contributed by atoms with E-state index in [1.54, 1.807) is 31.2 Å². The molecule has 0 radical (unpaired) electrons. The summed E-state index contributed by atoms with van der Waals surface area (Å²) in [7, 11) is 0. The zero-order chi connectivity index (χ0) is 23.5. The first-order valence-electron chi connectivity index (χ1n) is 9.51. The number of alkyl halides is 3. The van der Waals surface area contributed by atoms with Gasteiger partial charge in [0.05, 0.1) is 11.1 Å². The minimum absolute atomic E-state index is 0.0973. The topological polar surface area (TPSA) is 52.6 Å². The summed E-state index contributed by atoms with van der Waals surface area (Å²) in [5, 5.41) is 0. The van der Waals surface area contributed by atoms with Gasteiger partial charge in [-0.15, -0.1) is 0 Å². The van der Waals surface area contributed by atoms with Crippen LogP contribution in [0.4, 0.5) is 17.6 Å². The van der Waals surface area contributed by atoms with Gasteiger partial charge in [-0.25, -0.2) is 14.0 Å². The molecule has 3 aromatic rings. The number of rotatable bonds is 5. The number of carbonyl (C=O) groups is 2. The molecule has 0 fully saturated rings. The number of aryl methyl sites for hydroxylation is 1. The number of hydrogen-bond donors (Lipinski definition) is 0. The lowest BCUT2D eigenvalue weighted by Gasteiger charge is -2.16. The van der Waals surface area contributed by atoms with E-state index in [4.69, 9.17) is 4.74 Å². The van der Waals surface area contributed by atoms with Crippen molar-refractivity contribution in [3.05, 3.63) is 89.2 Å². The molecule has 3 rings (SSSR count). The molecule has 1 atom stereocenters. The summed E-state index contributed by atoms with van der Waals surface area (Å²) in [6.45, 7) is 2.39. The van der Waals surface area contributed by atoms with Gasteiger partial charge in [-0.05, 0) is 73.0 Å². The maximum Gasteiger partial charge on any atom is 0.425 e. The molecule has 0 aromatic heterocycles. The SMILES string of the molecule is Cc1ccc(-c2ccc(C(=O)Oc3ccc(C(=O)OC(C)C(F)(F)F)cc3)cc2)cc1F. The van der Waals surface area contributed by atoms with Crippen LogP contribution in [0.5, 0.6) is 5.75 Å². The van der Waals surface area contributed by atoms with Gasteiger partial charge in [0.1, 0.15) is 11.6 Å². The number of halogens is 4. The fraction of sp³-hybridized carbons (Fsp3) is 0.167. The molecule has 3 aromatic carbocycles. The van der Waals surface area contributed by atoms with E-state index >= 15 is 0 Å². The van der Waals surface area contributed by atoms with Crippen LogP contribution in [-0.2, 0) is 4.74 Å². The maximum absolute atomic E-state index is 13.8. The zero-order valence-electron chi connectivity index (χ0n) is 17.1. The van der Waals surface area contributed by atoms with Gasteiger partial charge in [-0.3, -0.25) is 0 Å². The van der Waals surface area contributed by atoms with E-state index in [9.17, 15) is 27.2 Å². The van der Waals surface area contributed by atoms with Crippen molar-refractivity contribution in [1.29, 1.82) is 0 Å². The number of carbonyl (C=O) groups excluding carboxylic acids is 2. The van der Waals surface area contributed by atoms with Crippen molar-refractivity contribution in [1.82, 2.24) is 0 Å². The Balaban J connectivity index is 1.64. The van der Waals surface area contributed by atoms with Crippen LogP contribution in [0.25, 0.3) is 11.1 Å². The molecule has 8 heteroatoms. The fourth-order valence-electron chi connectivity index (χ4n) is 2.69. The van der Waals surface area contributed by atoms with Crippen molar-refractivity contribution in [3.8, 4) is 16.9 Å². The molecule has 0 spiro atoms. The second-order valence-electron chi connectivity index (χ2n) is 7.04. The molecule has 0 amide bonds. The van der Waals surface area contributed by atoms with Gasteiger partial charge in [0.25, 0.3) is 0 Å². The molecule has 0 aliphatic rings. The second kappa shape index (κ2) is 9.21. The third-order valence-corrected chi connectivity index (χ3v) is 4.67. The summed E-state index contributed by atoms with van der Waals surface area (Å²) in [6, 6.07) is 16.1. The molecule has 0 heterocycles. The van der Waals surface area contributed by atoms with Crippen LogP contribution in [-0.4, -0.2) is 24.2 Å². The number of hydrogen-bond acceptors (Lipinski definition) is 4. The monoisotopic (exact) mass is 446 g/mol. The smallest absolute Gasteiger partial charge is 0.425 e. The van der Waals surface area contributed by atoms with Crippen molar-refractivity contribution in [2.75, 3.05) is 0 Å². The van der Waals surface area contributed by atoms with Crippen LogP contribution in [0, 0.1) is 12.7 Å². The van der Waals surface area contributed by atoms with Crippen LogP contribution >= 0.6 is 0 Å². The zero-order valence-corrected chi connectivity index (χ0v) is 17.1. The highest BCUT2D eigenvalue weighted by molar-refractivity contribution is 5.92. The Hall–Kier alpha value is -3.68. The third-order valence-electron chi connectivity index (χ3n) is 4.67. The lowest BCUT2D eigenvalue weighted by atomic mass is 10.0. The van der Waals surface area contributed by atoms with Crippen molar-refractivity contribution < 1.29 is 36.6 Å². The molecule has 4 nitrogen and oxygen atoms in total. The average Bonchev–Trinajstić information content (AvgIpc) is 2.75. The second-order valence-corrected chi connectivity index (χ2v) is 7.04. The van der Waals surface area contributed by atoms with Crippen LogP contribution in [0.2, 0.25) is 0 Å². The Bertz CT molecular complexity index is 1120. The maximum atomic E-state index is 13.8. The Labute approximate surface area is 181 Å². The molecular formula is C24H18F4O4. The fourth-order valence-corrected chi connectivity index (χ4v) is 2.69. The van der Waals surface area contributed by atoms with E-state index in [2.05, 4.69) is 4.74 Å². The van der Waals surface area contributed by atoms with Gasteiger partial charge in [-0.2, -0.15) is 13.2 Å². The summed E-state index contributed by atoms with van der Waals surface area (Å²) >= 11 is 0. The Kier molecular flexibility index (Phi) is 6.62. The van der Waals surface area contributed by atoms with Gasteiger partial charge in [0.2, 0.25) is 0 Å². The summed E-state index contributed by atoms with van der Waals surface area (Å²) in [5.41, 5.74) is 2.04. The van der Waals surface area contributed by atoms with E-state index in [0.29, 0.717) is 11.1 Å². The molecule has 0 saturated heterocycles. The van der Waals surface area contributed by atoms with Crippen molar-refractivity contribution in [3.63, 3.8) is 0 Å². The van der Waals surface area contributed by atoms with Gasteiger partial charge < -0.3 is 9.47 Å². The Morgan fingerprint density at radius 3 is 1.91 bits per heavy atom. The first-order chi connectivity index (χ1) is 15.0. The van der Waals surface area contributed by atoms with Crippen LogP contribution in [0.15, 0.2) is 66.7 Å². The predicted octanol–water partition coefficient (Wildman–Crippen LogP) is 6.13. The van der Waals surface area contributed by atoms with Crippen molar-refractivity contribution >= 4 is 11.9 Å². The van der Waals surface area contributed by atoms with Crippen LogP contribution in [0.1, 0.15) is 33.2 Å². The van der Waals surface area contributed by atoms with Gasteiger partial charge >= 0.3 is 18.1 Å². The van der Waals surface area contributed by atoms with E-state index in [-0.39, 0.29) is 22.7 Å². The predicted molar refractivity (Wildman–Crippen MR) is 109 cm³/mol. The summed E-state index contributed by atoms with van der Waals surface area (Å²) in [5.74, 6) is -2.05. The summed E-state index contributed by atoms with van der Waals surface area (Å²) in [6.07, 6.45) is -6.90. The third kappa shape index (κ3) is 5.51. The minimum atomic E-state index is -4.66. The Morgan fingerprint density at radius 2 is 1.34 bits per heavy atom. The molecule has 32 heavy (non-hydrogen) atoms. The first-order valence-corrected chi connectivity index (χ1v) is 9.51. The summed E-state index contributed by atoms with van der Waals surface area (Å²) < 4.78 is 60.8. The standard InChI is InChI=1S/C24H18F4O4/c1-14-3-4-19(13-21(14)25)16-5-7-17(8-6-16)23(30)32-20-11-9-18(10-12-20)22(29)31-15(2)24(26,27)28/h3-13,15H,1-2H3. The van der Waals surface area contributed by atoms with Gasteiger partial charge in [0, 0.05) is 0 Å². The average molecular weight is 446 g/mol. The van der Waals surface area contributed by atoms with Gasteiger partial charge in [-0.1, -0.05) is 24.3 Å². The normalized spacial score (nSPS) is 12.2. The molecule has 0 N–H and O–H groups in total. The number of benzene rings is 3. The molecule has 0 bridgehead atoms. The lowest BCUT2D eigenvalue weighted by Crippen LogP contribution is -2.30. The molecule has 0 aliphatic heterocycles. The molecule has 0 aliphatic carbocycles. The quantitative estimate of drug-likeness (QED) is 0.269. The molecular weight excluding hydrogens is 428 g/mol. The van der Waals surface area contributed by atoms with Crippen molar-refractivity contribution in [2.24, 2.45) is 0 Å². The van der Waals surface area contributed by atoms with E-state index in [1.165, 1.54) is 42.5 Å².